The van der Waals surface area contributed by atoms with E-state index in [1.807, 2.05) is 4.72 Å². The summed E-state index contributed by atoms with van der Waals surface area (Å²) >= 11 is 0. The lowest BCUT2D eigenvalue weighted by molar-refractivity contribution is -0.388. The summed E-state index contributed by atoms with van der Waals surface area (Å²) in [4.78, 5) is 9.00. The standard InChI is InChI=1S/C9H12FN3O6S2/c10-7-2-3-9(8(6-7)13(14)15)21(18,19)12-4-1-5-20(11,16)17/h2-3,6,12H,1,4-5H2,(H2,11,16,17). The monoisotopic (exact) mass is 341 g/mol. The lowest BCUT2D eigenvalue weighted by atomic mass is 10.3. The third-order valence-electron chi connectivity index (χ3n) is 2.30. The number of hydrogen-bond donors (Lipinski definition) is 2. The molecule has 0 unspecified atom stereocenters. The van der Waals surface area contributed by atoms with Gasteiger partial charge in [0.2, 0.25) is 20.0 Å². The van der Waals surface area contributed by atoms with E-state index < -0.39 is 47.1 Å². The Hall–Kier alpha value is -1.63. The maximum atomic E-state index is 12.9. The summed E-state index contributed by atoms with van der Waals surface area (Å²) in [6.45, 7) is -0.284. The highest BCUT2D eigenvalue weighted by Crippen LogP contribution is 2.24. The molecule has 0 atom stereocenters. The van der Waals surface area contributed by atoms with Gasteiger partial charge in [-0.3, -0.25) is 10.1 Å². The Kier molecular flexibility index (Phi) is 5.33. The minimum atomic E-state index is -4.26. The highest BCUT2D eigenvalue weighted by Gasteiger charge is 2.26. The molecule has 0 aromatic heterocycles. The summed E-state index contributed by atoms with van der Waals surface area (Å²) in [5.41, 5.74) is -0.908. The Labute approximate surface area is 120 Å². The van der Waals surface area contributed by atoms with Crippen LogP contribution in [0.5, 0.6) is 0 Å². The smallest absolute Gasteiger partial charge is 0.258 e. The van der Waals surface area contributed by atoms with Gasteiger partial charge in [0.1, 0.15) is 5.82 Å². The fourth-order valence-electron chi connectivity index (χ4n) is 1.42. The van der Waals surface area contributed by atoms with Gasteiger partial charge in [-0.15, -0.1) is 0 Å². The van der Waals surface area contributed by atoms with E-state index >= 15 is 0 Å². The number of benzene rings is 1. The molecule has 0 fully saturated rings. The molecular weight excluding hydrogens is 329 g/mol. The van der Waals surface area contributed by atoms with Crippen LogP contribution in [0.25, 0.3) is 0 Å². The number of nitro benzene ring substituents is 1. The summed E-state index contributed by atoms with van der Waals surface area (Å²) in [6, 6.07) is 2.01. The number of primary sulfonamides is 1. The fraction of sp³-hybridized carbons (Fsp3) is 0.333. The van der Waals surface area contributed by atoms with Gasteiger partial charge in [-0.2, -0.15) is 0 Å². The number of hydrogen-bond acceptors (Lipinski definition) is 6. The molecule has 0 spiro atoms. The van der Waals surface area contributed by atoms with Gasteiger partial charge in [0.05, 0.1) is 16.7 Å². The molecule has 12 heteroatoms. The summed E-state index contributed by atoms with van der Waals surface area (Å²) in [7, 11) is -7.99. The van der Waals surface area contributed by atoms with Gasteiger partial charge >= 0.3 is 0 Å². The van der Waals surface area contributed by atoms with Gasteiger partial charge in [0, 0.05) is 6.54 Å². The SMILES string of the molecule is NS(=O)(=O)CCCNS(=O)(=O)c1ccc(F)cc1[N+](=O)[O-]. The molecule has 0 saturated carbocycles. The number of nitrogens with zero attached hydrogens (tertiary/aromatic N) is 1. The van der Waals surface area contributed by atoms with Crippen molar-refractivity contribution in [3.05, 3.63) is 34.1 Å². The van der Waals surface area contributed by atoms with E-state index in [-0.39, 0.29) is 13.0 Å². The summed E-state index contributed by atoms with van der Waals surface area (Å²) in [6.07, 6.45) is -0.104. The number of rotatable bonds is 7. The minimum absolute atomic E-state index is 0.104. The van der Waals surface area contributed by atoms with Crippen LogP contribution < -0.4 is 9.86 Å². The van der Waals surface area contributed by atoms with Crippen molar-refractivity contribution >= 4 is 25.7 Å². The van der Waals surface area contributed by atoms with Crippen molar-refractivity contribution in [1.82, 2.24) is 4.72 Å². The lowest BCUT2D eigenvalue weighted by Crippen LogP contribution is -2.28. The molecular formula is C9H12FN3O6S2. The Morgan fingerprint density at radius 2 is 1.90 bits per heavy atom. The number of nitro groups is 1. The number of halogens is 1. The van der Waals surface area contributed by atoms with Gasteiger partial charge < -0.3 is 0 Å². The summed E-state index contributed by atoms with van der Waals surface area (Å²) < 4.78 is 60.0. The third-order valence-corrected chi connectivity index (χ3v) is 4.67. The van der Waals surface area contributed by atoms with E-state index in [1.165, 1.54) is 0 Å². The molecule has 118 valence electrons. The van der Waals surface area contributed by atoms with Crippen molar-refractivity contribution in [2.75, 3.05) is 12.3 Å². The average Bonchev–Trinajstić information content (AvgIpc) is 2.33. The second kappa shape index (κ2) is 6.43. The molecule has 0 aliphatic rings. The van der Waals surface area contributed by atoms with E-state index in [0.717, 1.165) is 12.1 Å². The van der Waals surface area contributed by atoms with Gasteiger partial charge in [-0.05, 0) is 18.6 Å². The molecule has 3 N–H and O–H groups in total. The van der Waals surface area contributed by atoms with E-state index in [9.17, 15) is 31.3 Å². The molecule has 9 nitrogen and oxygen atoms in total. The second-order valence-corrected chi connectivity index (χ2v) is 7.46. The first-order chi connectivity index (χ1) is 9.53. The molecule has 0 saturated heterocycles. The van der Waals surface area contributed by atoms with E-state index in [1.54, 1.807) is 0 Å². The molecule has 1 rings (SSSR count). The van der Waals surface area contributed by atoms with Crippen molar-refractivity contribution in [3.8, 4) is 0 Å². The zero-order valence-corrected chi connectivity index (χ0v) is 12.2. The first-order valence-corrected chi connectivity index (χ1v) is 8.67. The topological polar surface area (TPSA) is 149 Å². The first kappa shape index (κ1) is 17.4. The van der Waals surface area contributed by atoms with E-state index in [4.69, 9.17) is 5.14 Å². The lowest BCUT2D eigenvalue weighted by Gasteiger charge is -2.07. The summed E-state index contributed by atoms with van der Waals surface area (Å²) in [5.74, 6) is -1.39. The average molecular weight is 341 g/mol. The Bertz CT molecular complexity index is 747. The van der Waals surface area contributed by atoms with Crippen molar-refractivity contribution in [1.29, 1.82) is 0 Å². The number of nitrogens with two attached hydrogens (primary N) is 1. The Balaban J connectivity index is 2.91. The molecule has 1 aromatic rings. The van der Waals surface area contributed by atoms with E-state index in [0.29, 0.717) is 6.07 Å². The second-order valence-electron chi connectivity index (χ2n) is 3.99. The molecule has 0 bridgehead atoms. The fourth-order valence-corrected chi connectivity index (χ4v) is 3.19. The molecule has 0 amide bonds. The highest BCUT2D eigenvalue weighted by molar-refractivity contribution is 7.89. The van der Waals surface area contributed by atoms with Crippen LogP contribution in [-0.2, 0) is 20.0 Å². The van der Waals surface area contributed by atoms with Crippen LogP contribution in [0.1, 0.15) is 6.42 Å². The molecule has 0 heterocycles. The Morgan fingerprint density at radius 3 is 2.43 bits per heavy atom. The van der Waals surface area contributed by atoms with Gasteiger partial charge in [0.15, 0.2) is 4.90 Å². The third kappa shape index (κ3) is 5.34. The van der Waals surface area contributed by atoms with E-state index in [2.05, 4.69) is 0 Å². The van der Waals surface area contributed by atoms with Crippen LogP contribution in [-0.4, -0.2) is 34.1 Å². The van der Waals surface area contributed by atoms with Crippen LogP contribution >= 0.6 is 0 Å². The van der Waals surface area contributed by atoms with Gasteiger partial charge in [0.25, 0.3) is 5.69 Å². The van der Waals surface area contributed by atoms with Crippen molar-refractivity contribution in [2.24, 2.45) is 5.14 Å². The first-order valence-electron chi connectivity index (χ1n) is 5.47. The van der Waals surface area contributed by atoms with Crippen LogP contribution in [0.3, 0.4) is 0 Å². The molecule has 0 aliphatic heterocycles. The Morgan fingerprint density at radius 1 is 1.29 bits per heavy atom. The molecule has 1 aromatic carbocycles. The zero-order valence-electron chi connectivity index (χ0n) is 10.5. The predicted octanol–water partition coefficient (Wildman–Crippen LogP) is -0.309. The highest BCUT2D eigenvalue weighted by atomic mass is 32.2. The van der Waals surface area contributed by atoms with Gasteiger partial charge in [-0.25, -0.2) is 31.1 Å². The van der Waals surface area contributed by atoms with Crippen LogP contribution in [0.2, 0.25) is 0 Å². The van der Waals surface area contributed by atoms with Crippen molar-refractivity contribution < 1.29 is 26.1 Å². The molecule has 0 radical (unpaired) electrons. The molecule has 0 aliphatic carbocycles. The van der Waals surface area contributed by atoms with Crippen LogP contribution in [0, 0.1) is 15.9 Å². The maximum Gasteiger partial charge on any atom is 0.292 e. The van der Waals surface area contributed by atoms with Crippen molar-refractivity contribution in [2.45, 2.75) is 11.3 Å². The van der Waals surface area contributed by atoms with Gasteiger partial charge in [-0.1, -0.05) is 0 Å². The molecule has 21 heavy (non-hydrogen) atoms. The normalized spacial score (nSPS) is 12.3. The number of sulfonamides is 2. The van der Waals surface area contributed by atoms with Crippen molar-refractivity contribution in [3.63, 3.8) is 0 Å². The minimum Gasteiger partial charge on any atom is -0.258 e. The zero-order chi connectivity index (χ0) is 16.3. The van der Waals surface area contributed by atoms with Crippen LogP contribution in [0.15, 0.2) is 23.1 Å². The maximum absolute atomic E-state index is 12.9. The largest absolute Gasteiger partial charge is 0.292 e. The quantitative estimate of drug-likeness (QED) is 0.394. The summed E-state index contributed by atoms with van der Waals surface area (Å²) in [5, 5.41) is 15.5. The predicted molar refractivity (Wildman–Crippen MR) is 70.8 cm³/mol. The number of nitrogens with one attached hydrogen (secondary N) is 1. The van der Waals surface area contributed by atoms with Crippen LogP contribution in [0.4, 0.5) is 10.1 Å².